The van der Waals surface area contributed by atoms with Crippen LogP contribution in [0.5, 0.6) is 11.6 Å². The minimum absolute atomic E-state index is 0.00469. The molecule has 0 aliphatic rings. The molecule has 1 atom stereocenters. The minimum atomic E-state index is -2.89. The highest BCUT2D eigenvalue weighted by atomic mass is 19.3. The number of ether oxygens (including phenoxy) is 2. The number of aromatic nitrogens is 1. The highest BCUT2D eigenvalue weighted by molar-refractivity contribution is 5.94. The van der Waals surface area contributed by atoms with Crippen LogP contribution in [-0.2, 0) is 0 Å². The van der Waals surface area contributed by atoms with E-state index in [1.54, 1.807) is 31.2 Å². The average Bonchev–Trinajstić information content (AvgIpc) is 2.54. The average molecular weight is 350 g/mol. The van der Waals surface area contributed by atoms with Crippen molar-refractivity contribution in [1.82, 2.24) is 10.3 Å². The van der Waals surface area contributed by atoms with Gasteiger partial charge in [-0.1, -0.05) is 12.1 Å². The van der Waals surface area contributed by atoms with Crippen molar-refractivity contribution < 1.29 is 23.0 Å². The maximum absolute atomic E-state index is 12.3. The van der Waals surface area contributed by atoms with Crippen molar-refractivity contribution in [2.45, 2.75) is 39.5 Å². The first kappa shape index (κ1) is 18.6. The van der Waals surface area contributed by atoms with Gasteiger partial charge in [-0.05, 0) is 44.5 Å². The fraction of sp³-hybridized carbons (Fsp3) is 0.333. The second kappa shape index (κ2) is 8.41. The summed E-state index contributed by atoms with van der Waals surface area (Å²) < 4.78 is 34.4. The molecule has 5 nitrogen and oxygen atoms in total. The van der Waals surface area contributed by atoms with Gasteiger partial charge >= 0.3 is 6.61 Å². The van der Waals surface area contributed by atoms with Gasteiger partial charge in [0.25, 0.3) is 5.91 Å². The van der Waals surface area contributed by atoms with E-state index in [-0.39, 0.29) is 23.8 Å². The predicted molar refractivity (Wildman–Crippen MR) is 89.0 cm³/mol. The fourth-order valence-electron chi connectivity index (χ4n) is 2.15. The number of rotatable bonds is 7. The van der Waals surface area contributed by atoms with Gasteiger partial charge in [0, 0.05) is 12.3 Å². The SMILES string of the molecule is CC(C)Oc1ccc(C(=O)NC(C)c2cccc(OC(F)F)c2)cn1. The van der Waals surface area contributed by atoms with E-state index in [0.29, 0.717) is 17.0 Å². The Labute approximate surface area is 145 Å². The molecule has 0 fully saturated rings. The second-order valence-electron chi connectivity index (χ2n) is 5.70. The van der Waals surface area contributed by atoms with E-state index in [1.807, 2.05) is 13.8 Å². The Morgan fingerprint density at radius 3 is 2.48 bits per heavy atom. The third-order valence-corrected chi connectivity index (χ3v) is 3.29. The van der Waals surface area contributed by atoms with Crippen LogP contribution in [0.2, 0.25) is 0 Å². The summed E-state index contributed by atoms with van der Waals surface area (Å²) in [4.78, 5) is 16.4. The molecule has 1 N–H and O–H groups in total. The Kier molecular flexibility index (Phi) is 6.27. The second-order valence-corrected chi connectivity index (χ2v) is 5.70. The standard InChI is InChI=1S/C18H20F2N2O3/c1-11(2)24-16-8-7-14(10-21-16)17(23)22-12(3)13-5-4-6-15(9-13)25-18(19)20/h4-12,18H,1-3H3,(H,22,23). The first-order chi connectivity index (χ1) is 11.8. The van der Waals surface area contributed by atoms with Gasteiger partial charge in [0.2, 0.25) is 5.88 Å². The van der Waals surface area contributed by atoms with E-state index < -0.39 is 6.61 Å². The maximum Gasteiger partial charge on any atom is 0.387 e. The lowest BCUT2D eigenvalue weighted by molar-refractivity contribution is -0.0499. The van der Waals surface area contributed by atoms with Crippen molar-refractivity contribution in [3.05, 3.63) is 53.7 Å². The normalized spacial score (nSPS) is 12.1. The van der Waals surface area contributed by atoms with Crippen molar-refractivity contribution >= 4 is 5.91 Å². The zero-order valence-electron chi connectivity index (χ0n) is 14.2. The monoisotopic (exact) mass is 350 g/mol. The van der Waals surface area contributed by atoms with Crippen molar-refractivity contribution in [1.29, 1.82) is 0 Å². The molecule has 1 aromatic heterocycles. The molecule has 2 rings (SSSR count). The molecule has 0 bridgehead atoms. The van der Waals surface area contributed by atoms with Crippen LogP contribution in [0.1, 0.15) is 42.7 Å². The van der Waals surface area contributed by atoms with Crippen LogP contribution in [0.3, 0.4) is 0 Å². The number of hydrogen-bond acceptors (Lipinski definition) is 4. The summed E-state index contributed by atoms with van der Waals surface area (Å²) in [5.41, 5.74) is 1.03. The van der Waals surface area contributed by atoms with Crippen molar-refractivity contribution in [2.75, 3.05) is 0 Å². The Hall–Kier alpha value is -2.70. The number of carbonyl (C=O) groups excluding carboxylic acids is 1. The molecule has 25 heavy (non-hydrogen) atoms. The summed E-state index contributed by atoms with van der Waals surface area (Å²) in [6.07, 6.45) is 1.42. The Morgan fingerprint density at radius 2 is 1.88 bits per heavy atom. The number of alkyl halides is 2. The number of hydrogen-bond donors (Lipinski definition) is 1. The van der Waals surface area contributed by atoms with Gasteiger partial charge in [0.1, 0.15) is 5.75 Å². The van der Waals surface area contributed by atoms with E-state index >= 15 is 0 Å². The molecule has 1 aromatic carbocycles. The molecule has 1 heterocycles. The first-order valence-electron chi connectivity index (χ1n) is 7.83. The fourth-order valence-corrected chi connectivity index (χ4v) is 2.15. The van der Waals surface area contributed by atoms with Crippen LogP contribution in [-0.4, -0.2) is 23.6 Å². The van der Waals surface area contributed by atoms with Crippen LogP contribution in [0.25, 0.3) is 0 Å². The number of carbonyl (C=O) groups is 1. The van der Waals surface area contributed by atoms with Crippen molar-refractivity contribution in [2.24, 2.45) is 0 Å². The topological polar surface area (TPSA) is 60.5 Å². The molecule has 1 unspecified atom stereocenters. The van der Waals surface area contributed by atoms with Crippen molar-refractivity contribution in [3.63, 3.8) is 0 Å². The molecule has 0 spiro atoms. The molecule has 1 amide bonds. The van der Waals surface area contributed by atoms with Crippen LogP contribution < -0.4 is 14.8 Å². The number of pyridine rings is 1. The lowest BCUT2D eigenvalue weighted by atomic mass is 10.1. The van der Waals surface area contributed by atoms with E-state index in [2.05, 4.69) is 15.0 Å². The molecule has 0 aliphatic heterocycles. The Bertz CT molecular complexity index is 706. The summed E-state index contributed by atoms with van der Waals surface area (Å²) in [6.45, 7) is 2.63. The Morgan fingerprint density at radius 1 is 1.12 bits per heavy atom. The lowest BCUT2D eigenvalue weighted by Crippen LogP contribution is -2.26. The van der Waals surface area contributed by atoms with Gasteiger partial charge in [-0.25, -0.2) is 4.98 Å². The number of halogens is 2. The van der Waals surface area contributed by atoms with E-state index in [9.17, 15) is 13.6 Å². The third-order valence-electron chi connectivity index (χ3n) is 3.29. The first-order valence-corrected chi connectivity index (χ1v) is 7.83. The number of amides is 1. The Balaban J connectivity index is 2.02. The van der Waals surface area contributed by atoms with E-state index in [4.69, 9.17) is 4.74 Å². The molecule has 134 valence electrons. The van der Waals surface area contributed by atoms with Crippen LogP contribution in [0.4, 0.5) is 8.78 Å². The highest BCUT2D eigenvalue weighted by Gasteiger charge is 2.14. The molecule has 0 saturated carbocycles. The number of nitrogens with one attached hydrogen (secondary N) is 1. The zero-order chi connectivity index (χ0) is 18.4. The van der Waals surface area contributed by atoms with Crippen LogP contribution in [0, 0.1) is 0 Å². The van der Waals surface area contributed by atoms with E-state index in [1.165, 1.54) is 18.3 Å². The van der Waals surface area contributed by atoms with Gasteiger partial charge in [0.15, 0.2) is 0 Å². The molecule has 0 aliphatic carbocycles. The third kappa shape index (κ3) is 5.70. The van der Waals surface area contributed by atoms with Gasteiger partial charge in [-0.15, -0.1) is 0 Å². The molecule has 0 saturated heterocycles. The number of benzene rings is 1. The molecule has 2 aromatic rings. The van der Waals surface area contributed by atoms with Gasteiger partial charge in [-0.3, -0.25) is 4.79 Å². The maximum atomic E-state index is 12.3. The summed E-state index contributed by atoms with van der Waals surface area (Å²) in [6, 6.07) is 9.06. The van der Waals surface area contributed by atoms with Crippen LogP contribution >= 0.6 is 0 Å². The number of nitrogens with zero attached hydrogens (tertiary/aromatic N) is 1. The summed E-state index contributed by atoms with van der Waals surface area (Å²) in [5, 5.41) is 2.79. The summed E-state index contributed by atoms with van der Waals surface area (Å²) >= 11 is 0. The van der Waals surface area contributed by atoms with E-state index in [0.717, 1.165) is 0 Å². The summed E-state index contributed by atoms with van der Waals surface area (Å²) in [7, 11) is 0. The largest absolute Gasteiger partial charge is 0.475 e. The quantitative estimate of drug-likeness (QED) is 0.821. The smallest absolute Gasteiger partial charge is 0.387 e. The molecular formula is C18H20F2N2O3. The van der Waals surface area contributed by atoms with Gasteiger partial charge in [-0.2, -0.15) is 8.78 Å². The molecule has 0 radical (unpaired) electrons. The van der Waals surface area contributed by atoms with Crippen molar-refractivity contribution in [3.8, 4) is 11.6 Å². The van der Waals surface area contributed by atoms with Crippen LogP contribution in [0.15, 0.2) is 42.6 Å². The molecule has 7 heteroatoms. The minimum Gasteiger partial charge on any atom is -0.475 e. The lowest BCUT2D eigenvalue weighted by Gasteiger charge is -2.16. The zero-order valence-corrected chi connectivity index (χ0v) is 14.2. The molecular weight excluding hydrogens is 330 g/mol. The highest BCUT2D eigenvalue weighted by Crippen LogP contribution is 2.21. The summed E-state index contributed by atoms with van der Waals surface area (Å²) in [5.74, 6) is 0.165. The predicted octanol–water partition coefficient (Wildman–Crippen LogP) is 3.96. The van der Waals surface area contributed by atoms with Gasteiger partial charge in [0.05, 0.1) is 17.7 Å². The van der Waals surface area contributed by atoms with Gasteiger partial charge < -0.3 is 14.8 Å².